The second-order valence-corrected chi connectivity index (χ2v) is 4.31. The first kappa shape index (κ1) is 12.1. The predicted octanol–water partition coefficient (Wildman–Crippen LogP) is 4.09. The lowest BCUT2D eigenvalue weighted by Crippen LogP contribution is -2.03. The lowest BCUT2D eigenvalue weighted by Gasteiger charge is -2.06. The van der Waals surface area contributed by atoms with Crippen molar-refractivity contribution in [3.8, 4) is 0 Å². The van der Waals surface area contributed by atoms with Crippen LogP contribution >= 0.6 is 0 Å². The van der Waals surface area contributed by atoms with Crippen LogP contribution in [0.3, 0.4) is 0 Å². The number of nitrogens with zero attached hydrogens (tertiary/aromatic N) is 1. The molecule has 0 heterocycles. The van der Waals surface area contributed by atoms with Crippen molar-refractivity contribution in [3.05, 3.63) is 76.1 Å². The zero-order valence-electron chi connectivity index (χ0n) is 10.4. The molecule has 0 unspecified atom stereocenters. The smallest absolute Gasteiger partial charge is 0.193 e. The van der Waals surface area contributed by atoms with E-state index in [-0.39, 0.29) is 5.78 Å². The van der Waals surface area contributed by atoms with Crippen LogP contribution in [-0.4, -0.2) is 5.78 Å². The van der Waals surface area contributed by atoms with Gasteiger partial charge in [0.15, 0.2) is 11.5 Å². The highest BCUT2D eigenvalue weighted by Crippen LogP contribution is 2.18. The number of aryl methyl sites for hydroxylation is 2. The molecule has 0 spiro atoms. The maximum atomic E-state index is 12.3. The molecule has 2 nitrogen and oxygen atoms in total. The monoisotopic (exact) mass is 235 g/mol. The lowest BCUT2D eigenvalue weighted by atomic mass is 9.97. The third-order valence-electron chi connectivity index (χ3n) is 2.90. The third kappa shape index (κ3) is 2.31. The quantitative estimate of drug-likeness (QED) is 0.567. The minimum absolute atomic E-state index is 0.00716. The van der Waals surface area contributed by atoms with E-state index in [1.165, 1.54) is 0 Å². The summed E-state index contributed by atoms with van der Waals surface area (Å²) in [6.07, 6.45) is 0. The average Bonchev–Trinajstić information content (AvgIpc) is 2.41. The molecule has 2 aromatic rings. The summed E-state index contributed by atoms with van der Waals surface area (Å²) in [7, 11) is 0. The molecule has 0 fully saturated rings. The molecule has 2 aromatic carbocycles. The third-order valence-corrected chi connectivity index (χ3v) is 2.90. The summed E-state index contributed by atoms with van der Waals surface area (Å²) in [6.45, 7) is 10.8. The van der Waals surface area contributed by atoms with Gasteiger partial charge in [-0.15, -0.1) is 0 Å². The molecule has 0 bridgehead atoms. The summed E-state index contributed by atoms with van der Waals surface area (Å²) in [5.41, 5.74) is 3.94. The van der Waals surface area contributed by atoms with Gasteiger partial charge in [0.25, 0.3) is 0 Å². The van der Waals surface area contributed by atoms with E-state index in [9.17, 15) is 4.79 Å². The number of hydrogen-bond acceptors (Lipinski definition) is 1. The van der Waals surface area contributed by atoms with Crippen LogP contribution in [0.4, 0.5) is 5.69 Å². The number of benzene rings is 2. The van der Waals surface area contributed by atoms with E-state index >= 15 is 0 Å². The standard InChI is InChI=1S/C16H13NO/c1-11-4-5-12(2)15(10-11)16(18)13-6-8-14(17-3)9-7-13/h4-10H,1-2H3. The summed E-state index contributed by atoms with van der Waals surface area (Å²) in [5, 5.41) is 0. The minimum atomic E-state index is 0.00716. The summed E-state index contributed by atoms with van der Waals surface area (Å²) in [4.78, 5) is 15.7. The van der Waals surface area contributed by atoms with Gasteiger partial charge in [-0.05, 0) is 25.5 Å². The number of hydrogen-bond donors (Lipinski definition) is 0. The van der Waals surface area contributed by atoms with Crippen LogP contribution in [0, 0.1) is 20.4 Å². The Hall–Kier alpha value is -2.40. The Labute approximate surface area is 107 Å². The molecule has 0 saturated carbocycles. The van der Waals surface area contributed by atoms with Gasteiger partial charge in [0, 0.05) is 11.1 Å². The Morgan fingerprint density at radius 3 is 2.33 bits per heavy atom. The highest BCUT2D eigenvalue weighted by Gasteiger charge is 2.11. The Morgan fingerprint density at radius 2 is 1.72 bits per heavy atom. The Bertz CT molecular complexity index is 633. The zero-order chi connectivity index (χ0) is 13.1. The average molecular weight is 235 g/mol. The van der Waals surface area contributed by atoms with Crippen molar-refractivity contribution in [3.63, 3.8) is 0 Å². The van der Waals surface area contributed by atoms with E-state index in [2.05, 4.69) is 4.85 Å². The molecule has 0 atom stereocenters. The summed E-state index contributed by atoms with van der Waals surface area (Å²) in [5.74, 6) is 0.00716. The van der Waals surface area contributed by atoms with Gasteiger partial charge in [-0.1, -0.05) is 42.0 Å². The maximum absolute atomic E-state index is 12.3. The fourth-order valence-corrected chi connectivity index (χ4v) is 1.82. The minimum Gasteiger partial charge on any atom is -0.289 e. The molecule has 0 aliphatic heterocycles. The Kier molecular flexibility index (Phi) is 3.25. The van der Waals surface area contributed by atoms with E-state index in [0.717, 1.165) is 16.7 Å². The van der Waals surface area contributed by atoms with Crippen LogP contribution < -0.4 is 0 Å². The maximum Gasteiger partial charge on any atom is 0.193 e. The number of carbonyl (C=O) groups is 1. The van der Waals surface area contributed by atoms with Gasteiger partial charge in [-0.2, -0.15) is 0 Å². The molecule has 18 heavy (non-hydrogen) atoms. The van der Waals surface area contributed by atoms with Crippen LogP contribution in [0.2, 0.25) is 0 Å². The van der Waals surface area contributed by atoms with Gasteiger partial charge >= 0.3 is 0 Å². The topological polar surface area (TPSA) is 21.4 Å². The highest BCUT2D eigenvalue weighted by molar-refractivity contribution is 6.10. The van der Waals surface area contributed by atoms with Crippen molar-refractivity contribution in [2.24, 2.45) is 0 Å². The molecular formula is C16H13NO. The largest absolute Gasteiger partial charge is 0.289 e. The molecule has 0 aliphatic rings. The van der Waals surface area contributed by atoms with E-state index < -0.39 is 0 Å². The molecule has 0 aromatic heterocycles. The van der Waals surface area contributed by atoms with Gasteiger partial charge in [-0.3, -0.25) is 4.79 Å². The highest BCUT2D eigenvalue weighted by atomic mass is 16.1. The molecule has 0 N–H and O–H groups in total. The van der Waals surface area contributed by atoms with Crippen LogP contribution in [0.1, 0.15) is 27.0 Å². The SMILES string of the molecule is [C-]#[N+]c1ccc(C(=O)c2cc(C)ccc2C)cc1. The first-order valence-corrected chi connectivity index (χ1v) is 5.71. The zero-order valence-corrected chi connectivity index (χ0v) is 10.4. The van der Waals surface area contributed by atoms with Crippen molar-refractivity contribution >= 4 is 11.5 Å². The van der Waals surface area contributed by atoms with E-state index in [1.54, 1.807) is 24.3 Å². The van der Waals surface area contributed by atoms with Gasteiger partial charge < -0.3 is 0 Å². The first-order valence-electron chi connectivity index (χ1n) is 5.71. The number of ketones is 1. The fraction of sp³-hybridized carbons (Fsp3) is 0.125. The summed E-state index contributed by atoms with van der Waals surface area (Å²) < 4.78 is 0. The molecule has 88 valence electrons. The van der Waals surface area contributed by atoms with Crippen molar-refractivity contribution in [2.45, 2.75) is 13.8 Å². The number of carbonyl (C=O) groups excluding carboxylic acids is 1. The predicted molar refractivity (Wildman–Crippen MR) is 72.1 cm³/mol. The lowest BCUT2D eigenvalue weighted by molar-refractivity contribution is 0.103. The van der Waals surface area contributed by atoms with Gasteiger partial charge in [0.1, 0.15) is 0 Å². The van der Waals surface area contributed by atoms with Gasteiger partial charge in [0.2, 0.25) is 0 Å². The molecule has 0 saturated heterocycles. The van der Waals surface area contributed by atoms with E-state index in [0.29, 0.717) is 11.3 Å². The van der Waals surface area contributed by atoms with Crippen molar-refractivity contribution in [2.75, 3.05) is 0 Å². The Balaban J connectivity index is 2.41. The van der Waals surface area contributed by atoms with Crippen LogP contribution in [0.25, 0.3) is 4.85 Å². The normalized spacial score (nSPS) is 9.83. The second kappa shape index (κ2) is 4.85. The number of rotatable bonds is 2. The molecule has 2 heteroatoms. The van der Waals surface area contributed by atoms with Crippen LogP contribution in [-0.2, 0) is 0 Å². The van der Waals surface area contributed by atoms with Crippen molar-refractivity contribution < 1.29 is 4.79 Å². The molecule has 0 amide bonds. The van der Waals surface area contributed by atoms with E-state index in [1.807, 2.05) is 32.0 Å². The molecular weight excluding hydrogens is 222 g/mol. The Morgan fingerprint density at radius 1 is 1.06 bits per heavy atom. The fourth-order valence-electron chi connectivity index (χ4n) is 1.82. The molecule has 2 rings (SSSR count). The second-order valence-electron chi connectivity index (χ2n) is 4.31. The first-order chi connectivity index (χ1) is 8.61. The van der Waals surface area contributed by atoms with Gasteiger partial charge in [-0.25, -0.2) is 4.85 Å². The summed E-state index contributed by atoms with van der Waals surface area (Å²) >= 11 is 0. The summed E-state index contributed by atoms with van der Waals surface area (Å²) in [6, 6.07) is 12.6. The van der Waals surface area contributed by atoms with Crippen LogP contribution in [0.5, 0.6) is 0 Å². The van der Waals surface area contributed by atoms with Crippen LogP contribution in [0.15, 0.2) is 42.5 Å². The molecule has 0 radical (unpaired) electrons. The molecule has 0 aliphatic carbocycles. The van der Waals surface area contributed by atoms with Crippen molar-refractivity contribution in [1.29, 1.82) is 0 Å². The van der Waals surface area contributed by atoms with Crippen molar-refractivity contribution in [1.82, 2.24) is 0 Å². The van der Waals surface area contributed by atoms with Gasteiger partial charge in [0.05, 0.1) is 6.57 Å². The van der Waals surface area contributed by atoms with E-state index in [4.69, 9.17) is 6.57 Å².